The van der Waals surface area contributed by atoms with Crippen molar-refractivity contribution < 1.29 is 19.7 Å². The van der Waals surface area contributed by atoms with Crippen molar-refractivity contribution in [2.24, 2.45) is 0 Å². The molecule has 5 rings (SSSR count). The number of carboxylic acid groups (broad SMARTS) is 1. The van der Waals surface area contributed by atoms with Crippen molar-refractivity contribution in [2.75, 3.05) is 0 Å². The number of aromatic hydroxyl groups is 1. The van der Waals surface area contributed by atoms with E-state index in [0.717, 1.165) is 28.6 Å². The van der Waals surface area contributed by atoms with E-state index in [-0.39, 0.29) is 11.5 Å². The number of hydrogen-bond donors (Lipinski definition) is 3. The van der Waals surface area contributed by atoms with Gasteiger partial charge in [-0.1, -0.05) is 61.9 Å². The molecule has 0 saturated carbocycles. The van der Waals surface area contributed by atoms with Gasteiger partial charge in [0.1, 0.15) is 22.8 Å². The number of hydrogen-bond acceptors (Lipinski definition) is 4. The second kappa shape index (κ2) is 8.90. The van der Waals surface area contributed by atoms with Crippen molar-refractivity contribution in [1.82, 2.24) is 9.97 Å². The lowest BCUT2D eigenvalue weighted by atomic mass is 10.00. The molecule has 0 aliphatic carbocycles. The Hall–Kier alpha value is -4.32. The summed E-state index contributed by atoms with van der Waals surface area (Å²) in [6.45, 7) is 2.20. The number of ether oxygens (including phenoxy) is 1. The number of rotatable bonds is 6. The molecule has 1 aromatic heterocycles. The van der Waals surface area contributed by atoms with Crippen molar-refractivity contribution in [2.45, 2.75) is 26.2 Å². The first kappa shape index (κ1) is 21.5. The monoisotopic (exact) mass is 452 g/mol. The SMILES string of the molecule is CCCCc1ccc(-c2cccc(-c3nc4c(ccc5cc(OC(=O)O)cc(O)c54)[nH]3)c2)cc1. The van der Waals surface area contributed by atoms with Crippen LogP contribution in [0.4, 0.5) is 4.79 Å². The molecule has 0 spiro atoms. The number of nitrogens with one attached hydrogen (secondary N) is 1. The molecule has 34 heavy (non-hydrogen) atoms. The van der Waals surface area contributed by atoms with E-state index in [1.165, 1.54) is 24.5 Å². The highest BCUT2D eigenvalue weighted by molar-refractivity contribution is 6.08. The van der Waals surface area contributed by atoms with Crippen molar-refractivity contribution in [3.05, 3.63) is 78.4 Å². The molecular weight excluding hydrogens is 428 g/mol. The van der Waals surface area contributed by atoms with E-state index in [1.54, 1.807) is 12.1 Å². The lowest BCUT2D eigenvalue weighted by Crippen LogP contribution is -2.02. The number of phenols is 1. The summed E-state index contributed by atoms with van der Waals surface area (Å²) in [5, 5.41) is 20.6. The van der Waals surface area contributed by atoms with E-state index < -0.39 is 6.16 Å². The summed E-state index contributed by atoms with van der Waals surface area (Å²) in [5.41, 5.74) is 5.91. The van der Waals surface area contributed by atoms with Crippen LogP contribution in [0, 0.1) is 0 Å². The predicted octanol–water partition coefficient (Wildman–Crippen LogP) is 7.16. The molecule has 0 fully saturated rings. The van der Waals surface area contributed by atoms with E-state index in [4.69, 9.17) is 14.8 Å². The number of H-pyrrole nitrogens is 1. The van der Waals surface area contributed by atoms with Gasteiger partial charge >= 0.3 is 6.16 Å². The average Bonchev–Trinajstić information content (AvgIpc) is 3.27. The molecule has 0 unspecified atom stereocenters. The van der Waals surface area contributed by atoms with Crippen molar-refractivity contribution in [3.63, 3.8) is 0 Å². The minimum Gasteiger partial charge on any atom is -0.507 e. The summed E-state index contributed by atoms with van der Waals surface area (Å²) in [7, 11) is 0. The lowest BCUT2D eigenvalue weighted by Gasteiger charge is -2.06. The molecule has 5 aromatic rings. The number of benzene rings is 4. The van der Waals surface area contributed by atoms with Crippen LogP contribution >= 0.6 is 0 Å². The van der Waals surface area contributed by atoms with Gasteiger partial charge in [-0.25, -0.2) is 9.78 Å². The fraction of sp³-hybridized carbons (Fsp3) is 0.143. The van der Waals surface area contributed by atoms with Gasteiger partial charge < -0.3 is 19.9 Å². The number of unbranched alkanes of at least 4 members (excludes halogenated alkanes) is 1. The Morgan fingerprint density at radius 2 is 1.76 bits per heavy atom. The third-order valence-corrected chi connectivity index (χ3v) is 5.97. The molecule has 0 bridgehead atoms. The summed E-state index contributed by atoms with van der Waals surface area (Å²) < 4.78 is 4.70. The highest BCUT2D eigenvalue weighted by Gasteiger charge is 2.14. The Bertz CT molecular complexity index is 1500. The molecule has 6 nitrogen and oxygen atoms in total. The van der Waals surface area contributed by atoms with E-state index >= 15 is 0 Å². The van der Waals surface area contributed by atoms with Gasteiger partial charge in [0.05, 0.1) is 10.9 Å². The Morgan fingerprint density at radius 1 is 0.971 bits per heavy atom. The number of aromatic amines is 1. The molecule has 6 heteroatoms. The van der Waals surface area contributed by atoms with Crippen LogP contribution in [0.15, 0.2) is 72.8 Å². The second-order valence-corrected chi connectivity index (χ2v) is 8.34. The zero-order valence-electron chi connectivity index (χ0n) is 18.7. The zero-order valence-corrected chi connectivity index (χ0v) is 18.7. The Kier molecular flexibility index (Phi) is 5.64. The number of aromatic nitrogens is 2. The fourth-order valence-electron chi connectivity index (χ4n) is 4.27. The predicted molar refractivity (Wildman–Crippen MR) is 133 cm³/mol. The number of nitrogens with zero attached hydrogens (tertiary/aromatic N) is 1. The van der Waals surface area contributed by atoms with E-state index in [9.17, 15) is 9.90 Å². The van der Waals surface area contributed by atoms with Crippen LogP contribution in [0.5, 0.6) is 11.5 Å². The van der Waals surface area contributed by atoms with Gasteiger partial charge in [-0.05, 0) is 53.1 Å². The first-order chi connectivity index (χ1) is 16.5. The van der Waals surface area contributed by atoms with Gasteiger partial charge in [-0.3, -0.25) is 0 Å². The summed E-state index contributed by atoms with van der Waals surface area (Å²) in [6, 6.07) is 23.4. The van der Waals surface area contributed by atoms with Crippen LogP contribution < -0.4 is 4.74 Å². The van der Waals surface area contributed by atoms with E-state index in [1.807, 2.05) is 18.2 Å². The van der Waals surface area contributed by atoms with Crippen molar-refractivity contribution in [3.8, 4) is 34.0 Å². The molecule has 0 saturated heterocycles. The number of imidazole rings is 1. The highest BCUT2D eigenvalue weighted by Crippen LogP contribution is 2.36. The molecule has 3 N–H and O–H groups in total. The highest BCUT2D eigenvalue weighted by atomic mass is 16.7. The maximum atomic E-state index is 10.9. The summed E-state index contributed by atoms with van der Waals surface area (Å²) in [4.78, 5) is 19.0. The van der Waals surface area contributed by atoms with Gasteiger partial charge in [-0.2, -0.15) is 0 Å². The molecule has 0 amide bonds. The lowest BCUT2D eigenvalue weighted by molar-refractivity contribution is 0.144. The summed E-state index contributed by atoms with van der Waals surface area (Å²) >= 11 is 0. The van der Waals surface area contributed by atoms with Gasteiger partial charge in [-0.15, -0.1) is 0 Å². The summed E-state index contributed by atoms with van der Waals surface area (Å²) in [6.07, 6.45) is 2.04. The summed E-state index contributed by atoms with van der Waals surface area (Å²) in [5.74, 6) is 0.657. The van der Waals surface area contributed by atoms with Gasteiger partial charge in [0, 0.05) is 11.6 Å². The first-order valence-corrected chi connectivity index (χ1v) is 11.3. The van der Waals surface area contributed by atoms with Crippen LogP contribution in [-0.2, 0) is 6.42 Å². The maximum absolute atomic E-state index is 10.9. The van der Waals surface area contributed by atoms with Crippen LogP contribution in [-0.4, -0.2) is 26.3 Å². The smallest absolute Gasteiger partial charge is 0.507 e. The molecule has 0 radical (unpaired) electrons. The van der Waals surface area contributed by atoms with E-state index in [0.29, 0.717) is 22.1 Å². The van der Waals surface area contributed by atoms with Crippen LogP contribution in [0.2, 0.25) is 0 Å². The average molecular weight is 453 g/mol. The van der Waals surface area contributed by atoms with Crippen LogP contribution in [0.25, 0.3) is 44.3 Å². The fourth-order valence-corrected chi connectivity index (χ4v) is 4.27. The Labute approximate surface area is 196 Å². The third-order valence-electron chi connectivity index (χ3n) is 5.97. The molecule has 0 aliphatic rings. The van der Waals surface area contributed by atoms with Crippen molar-refractivity contribution in [1.29, 1.82) is 0 Å². The molecule has 170 valence electrons. The number of fused-ring (bicyclic) bond motifs is 3. The molecular formula is C28H24N2O4. The van der Waals surface area contributed by atoms with Crippen molar-refractivity contribution >= 4 is 28.0 Å². The van der Waals surface area contributed by atoms with Gasteiger partial charge in [0.25, 0.3) is 0 Å². The molecule has 4 aromatic carbocycles. The number of aryl methyl sites for hydroxylation is 1. The number of phenolic OH excluding ortho intramolecular Hbond substituents is 1. The van der Waals surface area contributed by atoms with Gasteiger partial charge in [0.15, 0.2) is 0 Å². The minimum absolute atomic E-state index is 0.0565. The van der Waals surface area contributed by atoms with Crippen LogP contribution in [0.3, 0.4) is 0 Å². The molecule has 1 heterocycles. The molecule has 0 atom stereocenters. The number of carbonyl (C=O) groups is 1. The zero-order chi connectivity index (χ0) is 23.7. The quantitative estimate of drug-likeness (QED) is 0.188. The van der Waals surface area contributed by atoms with Gasteiger partial charge in [0.2, 0.25) is 0 Å². The largest absolute Gasteiger partial charge is 0.511 e. The normalized spacial score (nSPS) is 11.2. The third kappa shape index (κ3) is 4.18. The standard InChI is InChI=1S/C28H24N2O4/c1-2-3-5-17-8-10-18(11-9-17)19-6-4-7-21(14-19)27-29-23-13-12-20-15-22(34-28(32)33)16-24(31)25(20)26(23)30-27/h4,6-16,31H,2-3,5H2,1H3,(H,29,30)(H,32,33). The minimum atomic E-state index is -1.43. The van der Waals surface area contributed by atoms with Crippen LogP contribution in [0.1, 0.15) is 25.3 Å². The maximum Gasteiger partial charge on any atom is 0.511 e. The molecule has 0 aliphatic heterocycles. The topological polar surface area (TPSA) is 95.4 Å². The Balaban J connectivity index is 1.52. The van der Waals surface area contributed by atoms with E-state index in [2.05, 4.69) is 48.3 Å². The first-order valence-electron chi connectivity index (χ1n) is 11.3. The Morgan fingerprint density at radius 3 is 2.53 bits per heavy atom. The second-order valence-electron chi connectivity index (χ2n) is 8.34.